The summed E-state index contributed by atoms with van der Waals surface area (Å²) < 4.78 is 5.53. The zero-order valence-electron chi connectivity index (χ0n) is 17.1. The van der Waals surface area contributed by atoms with Gasteiger partial charge in [0.1, 0.15) is 0 Å². The molecule has 4 heteroatoms. The topological polar surface area (TPSA) is 36.9 Å². The molecule has 1 aliphatic rings. The first-order valence-corrected chi connectivity index (χ1v) is 10.2. The maximum Gasteiger partial charge on any atom is 0.203 e. The van der Waals surface area contributed by atoms with E-state index in [1.54, 1.807) is 0 Å². The van der Waals surface area contributed by atoms with Crippen LogP contribution in [0.3, 0.4) is 0 Å². The molecule has 0 aromatic heterocycles. The average Bonchev–Trinajstić information content (AvgIpc) is 2.79. The van der Waals surface area contributed by atoms with Crippen LogP contribution >= 0.6 is 0 Å². The highest BCUT2D eigenvalue weighted by atomic mass is 16.5. The van der Waals surface area contributed by atoms with Gasteiger partial charge in [-0.05, 0) is 48.9 Å². The lowest BCUT2D eigenvalue weighted by molar-refractivity contribution is 0.0680. The van der Waals surface area contributed by atoms with Crippen LogP contribution in [0.15, 0.2) is 83.9 Å². The van der Waals surface area contributed by atoms with E-state index in [-0.39, 0.29) is 0 Å². The first-order chi connectivity index (χ1) is 14.8. The molecule has 0 radical (unpaired) electrons. The maximum absolute atomic E-state index is 5.53. The smallest absolute Gasteiger partial charge is 0.203 e. The van der Waals surface area contributed by atoms with E-state index in [9.17, 15) is 0 Å². The maximum atomic E-state index is 5.53. The van der Waals surface area contributed by atoms with Crippen molar-refractivity contribution in [2.45, 2.75) is 6.92 Å². The molecular weight excluding hydrogens is 370 g/mol. The number of hydrogen-bond donors (Lipinski definition) is 1. The number of guanidine groups is 1. The number of hydrogen-bond acceptors (Lipinski definition) is 2. The second-order valence-electron chi connectivity index (χ2n) is 7.16. The fourth-order valence-corrected chi connectivity index (χ4v) is 3.26. The van der Waals surface area contributed by atoms with Crippen LogP contribution in [0.4, 0.5) is 11.4 Å². The lowest BCUT2D eigenvalue weighted by Crippen LogP contribution is -2.44. The number of benzene rings is 3. The molecule has 4 nitrogen and oxygen atoms in total. The summed E-state index contributed by atoms with van der Waals surface area (Å²) in [5, 5.41) is 3.51. The van der Waals surface area contributed by atoms with E-state index in [1.807, 2.05) is 60.7 Å². The quantitative estimate of drug-likeness (QED) is 0.384. The molecule has 1 N–H and O–H groups in total. The van der Waals surface area contributed by atoms with Crippen molar-refractivity contribution in [3.05, 3.63) is 95.6 Å². The predicted octanol–water partition coefficient (Wildman–Crippen LogP) is 4.83. The van der Waals surface area contributed by atoms with Crippen LogP contribution in [0.5, 0.6) is 0 Å². The number of para-hydroxylation sites is 1. The molecule has 3 aromatic carbocycles. The molecule has 0 amide bonds. The summed E-state index contributed by atoms with van der Waals surface area (Å²) in [6.45, 7) is 5.09. The Balaban J connectivity index is 1.68. The van der Waals surface area contributed by atoms with Crippen molar-refractivity contribution in [1.82, 2.24) is 4.90 Å². The molecule has 3 aromatic rings. The van der Waals surface area contributed by atoms with E-state index in [2.05, 4.69) is 47.2 Å². The molecule has 1 fully saturated rings. The summed E-state index contributed by atoms with van der Waals surface area (Å²) in [5.74, 6) is 7.34. The van der Waals surface area contributed by atoms with Gasteiger partial charge < -0.3 is 15.0 Å². The van der Waals surface area contributed by atoms with Gasteiger partial charge in [0.15, 0.2) is 0 Å². The van der Waals surface area contributed by atoms with Gasteiger partial charge in [-0.3, -0.25) is 0 Å². The van der Waals surface area contributed by atoms with Crippen LogP contribution in [-0.2, 0) is 4.74 Å². The molecule has 1 heterocycles. The van der Waals surface area contributed by atoms with Crippen LogP contribution in [0.25, 0.3) is 0 Å². The van der Waals surface area contributed by atoms with Gasteiger partial charge in [0.2, 0.25) is 5.96 Å². The van der Waals surface area contributed by atoms with Crippen LogP contribution < -0.4 is 5.32 Å². The molecule has 0 unspecified atom stereocenters. The van der Waals surface area contributed by atoms with Gasteiger partial charge >= 0.3 is 0 Å². The van der Waals surface area contributed by atoms with E-state index in [4.69, 9.17) is 9.73 Å². The third kappa shape index (κ3) is 5.28. The van der Waals surface area contributed by atoms with Gasteiger partial charge in [0.05, 0.1) is 24.5 Å². The zero-order valence-corrected chi connectivity index (χ0v) is 17.1. The second kappa shape index (κ2) is 9.78. The number of ether oxygens (including phenoxy) is 1. The van der Waals surface area contributed by atoms with Gasteiger partial charge in [0, 0.05) is 24.3 Å². The van der Waals surface area contributed by atoms with Gasteiger partial charge in [-0.1, -0.05) is 54.3 Å². The normalized spacial score (nSPS) is 14.0. The number of rotatable bonds is 2. The highest BCUT2D eigenvalue weighted by molar-refractivity contribution is 5.95. The van der Waals surface area contributed by atoms with Crippen molar-refractivity contribution in [3.63, 3.8) is 0 Å². The standard InChI is InChI=1S/C26H25N3O/c1-21-8-7-12-24(20-21)27-26(29-16-18-30-19-17-29)28-25-13-6-5-11-23(25)15-14-22-9-3-2-4-10-22/h2-13,20H,16-19H2,1H3,(H,27,28). The summed E-state index contributed by atoms with van der Waals surface area (Å²) in [6, 6.07) is 26.3. The van der Waals surface area contributed by atoms with E-state index in [1.165, 1.54) is 5.56 Å². The molecular formula is C26H25N3O. The summed E-state index contributed by atoms with van der Waals surface area (Å²) in [7, 11) is 0. The highest BCUT2D eigenvalue weighted by Gasteiger charge is 2.16. The third-order valence-electron chi connectivity index (χ3n) is 4.83. The predicted molar refractivity (Wildman–Crippen MR) is 123 cm³/mol. The Labute approximate surface area is 178 Å². The number of morpholine rings is 1. The molecule has 0 atom stereocenters. The van der Waals surface area contributed by atoms with E-state index >= 15 is 0 Å². The van der Waals surface area contributed by atoms with Crippen molar-refractivity contribution in [1.29, 1.82) is 0 Å². The van der Waals surface area contributed by atoms with Gasteiger partial charge in [-0.15, -0.1) is 0 Å². The summed E-state index contributed by atoms with van der Waals surface area (Å²) in [5.41, 5.74) is 4.96. The summed E-state index contributed by atoms with van der Waals surface area (Å²) >= 11 is 0. The van der Waals surface area contributed by atoms with E-state index < -0.39 is 0 Å². The second-order valence-corrected chi connectivity index (χ2v) is 7.16. The Morgan fingerprint density at radius 3 is 2.47 bits per heavy atom. The zero-order chi connectivity index (χ0) is 20.6. The Morgan fingerprint density at radius 1 is 0.900 bits per heavy atom. The van der Waals surface area contributed by atoms with Crippen molar-refractivity contribution in [3.8, 4) is 11.8 Å². The van der Waals surface area contributed by atoms with Crippen molar-refractivity contribution < 1.29 is 4.74 Å². The number of aliphatic imine (C=N–C) groups is 1. The molecule has 30 heavy (non-hydrogen) atoms. The summed E-state index contributed by atoms with van der Waals surface area (Å²) in [4.78, 5) is 7.22. The minimum atomic E-state index is 0.698. The first kappa shape index (κ1) is 19.8. The van der Waals surface area contributed by atoms with Crippen molar-refractivity contribution in [2.24, 2.45) is 4.99 Å². The fraction of sp³-hybridized carbons (Fsp3) is 0.192. The molecule has 1 aliphatic heterocycles. The molecule has 0 bridgehead atoms. The average molecular weight is 396 g/mol. The molecule has 0 spiro atoms. The molecule has 0 aliphatic carbocycles. The van der Waals surface area contributed by atoms with E-state index in [0.29, 0.717) is 13.2 Å². The van der Waals surface area contributed by atoms with Crippen LogP contribution in [-0.4, -0.2) is 37.2 Å². The minimum absolute atomic E-state index is 0.698. The molecule has 0 saturated carbocycles. The number of nitrogens with one attached hydrogen (secondary N) is 1. The molecule has 150 valence electrons. The van der Waals surface area contributed by atoms with Crippen molar-refractivity contribution >= 4 is 17.3 Å². The Bertz CT molecular complexity index is 1070. The fourth-order valence-electron chi connectivity index (χ4n) is 3.26. The minimum Gasteiger partial charge on any atom is -0.378 e. The van der Waals surface area contributed by atoms with E-state index in [0.717, 1.165) is 41.6 Å². The number of nitrogens with zero attached hydrogens (tertiary/aromatic N) is 2. The Hall–Kier alpha value is -3.55. The van der Waals surface area contributed by atoms with Gasteiger partial charge in [-0.25, -0.2) is 4.99 Å². The van der Waals surface area contributed by atoms with Crippen molar-refractivity contribution in [2.75, 3.05) is 31.6 Å². The SMILES string of the molecule is Cc1cccc(NC(=Nc2ccccc2C#Cc2ccccc2)N2CCOCC2)c1. The summed E-state index contributed by atoms with van der Waals surface area (Å²) in [6.07, 6.45) is 0. The molecule has 1 saturated heterocycles. The molecule has 4 rings (SSSR count). The monoisotopic (exact) mass is 395 g/mol. The lowest BCUT2D eigenvalue weighted by atomic mass is 10.1. The van der Waals surface area contributed by atoms with Gasteiger partial charge in [0.25, 0.3) is 0 Å². The first-order valence-electron chi connectivity index (χ1n) is 10.2. The van der Waals surface area contributed by atoms with Crippen LogP contribution in [0.2, 0.25) is 0 Å². The lowest BCUT2D eigenvalue weighted by Gasteiger charge is -2.30. The highest BCUT2D eigenvalue weighted by Crippen LogP contribution is 2.20. The van der Waals surface area contributed by atoms with Gasteiger partial charge in [-0.2, -0.15) is 0 Å². The largest absolute Gasteiger partial charge is 0.378 e. The van der Waals surface area contributed by atoms with Crippen LogP contribution in [0, 0.1) is 18.8 Å². The Morgan fingerprint density at radius 2 is 1.67 bits per heavy atom. The Kier molecular flexibility index (Phi) is 6.44. The number of aryl methyl sites for hydroxylation is 1. The number of anilines is 1. The third-order valence-corrected chi connectivity index (χ3v) is 4.83. The van der Waals surface area contributed by atoms with Crippen LogP contribution in [0.1, 0.15) is 16.7 Å².